The van der Waals surface area contributed by atoms with Crippen molar-refractivity contribution in [3.63, 3.8) is 0 Å². The van der Waals surface area contributed by atoms with Gasteiger partial charge in [0, 0.05) is 16.9 Å². The molecule has 2 unspecified atom stereocenters. The molecule has 0 radical (unpaired) electrons. The average molecular weight is 333 g/mol. The van der Waals surface area contributed by atoms with Crippen LogP contribution in [0.2, 0.25) is 0 Å². The first-order valence-corrected chi connectivity index (χ1v) is 7.82. The molecule has 0 aliphatic rings. The molecule has 106 valence electrons. The van der Waals surface area contributed by atoms with E-state index >= 15 is 0 Å². The number of rotatable bonds is 5. The van der Waals surface area contributed by atoms with E-state index < -0.39 is 0 Å². The van der Waals surface area contributed by atoms with Gasteiger partial charge in [-0.3, -0.25) is 4.98 Å². The highest BCUT2D eigenvalue weighted by Gasteiger charge is 2.13. The van der Waals surface area contributed by atoms with Crippen molar-refractivity contribution in [3.05, 3.63) is 63.9 Å². The maximum atomic E-state index is 4.25. The Bertz CT molecular complexity index is 551. The molecule has 0 amide bonds. The van der Waals surface area contributed by atoms with Crippen molar-refractivity contribution in [1.82, 2.24) is 10.3 Å². The lowest BCUT2D eigenvalue weighted by Crippen LogP contribution is -2.17. The Kier molecular flexibility index (Phi) is 5.32. The Morgan fingerprint density at radius 1 is 1.10 bits per heavy atom. The van der Waals surface area contributed by atoms with E-state index in [1.807, 2.05) is 19.4 Å². The minimum Gasteiger partial charge on any atom is -0.309 e. The van der Waals surface area contributed by atoms with Crippen LogP contribution in [0.4, 0.5) is 0 Å². The van der Waals surface area contributed by atoms with Gasteiger partial charge in [0.15, 0.2) is 0 Å². The number of nitrogens with one attached hydrogen (secondary N) is 1. The van der Waals surface area contributed by atoms with Crippen molar-refractivity contribution in [1.29, 1.82) is 0 Å². The fourth-order valence-corrected chi connectivity index (χ4v) is 2.75. The molecular formula is C17H21BrN2. The van der Waals surface area contributed by atoms with Gasteiger partial charge < -0.3 is 5.32 Å². The fraction of sp³-hybridized carbons (Fsp3) is 0.353. The highest BCUT2D eigenvalue weighted by Crippen LogP contribution is 2.26. The van der Waals surface area contributed by atoms with Gasteiger partial charge >= 0.3 is 0 Å². The highest BCUT2D eigenvalue weighted by atomic mass is 79.9. The van der Waals surface area contributed by atoms with E-state index in [1.165, 1.54) is 17.5 Å². The summed E-state index contributed by atoms with van der Waals surface area (Å²) in [6.07, 6.45) is 4.89. The van der Waals surface area contributed by atoms with E-state index in [0.717, 1.165) is 10.0 Å². The molecule has 20 heavy (non-hydrogen) atoms. The van der Waals surface area contributed by atoms with E-state index in [-0.39, 0.29) is 6.04 Å². The molecule has 1 aromatic heterocycles. The van der Waals surface area contributed by atoms with Crippen molar-refractivity contribution in [2.45, 2.75) is 32.2 Å². The van der Waals surface area contributed by atoms with E-state index in [1.54, 1.807) is 0 Å². The molecule has 0 aliphatic heterocycles. The summed E-state index contributed by atoms with van der Waals surface area (Å²) in [4.78, 5) is 4.25. The summed E-state index contributed by atoms with van der Waals surface area (Å²) in [7, 11) is 1.98. The van der Waals surface area contributed by atoms with Gasteiger partial charge in [-0.25, -0.2) is 0 Å². The maximum absolute atomic E-state index is 4.25. The third-order valence-electron chi connectivity index (χ3n) is 3.80. The summed E-state index contributed by atoms with van der Waals surface area (Å²) in [6.45, 7) is 4.49. The summed E-state index contributed by atoms with van der Waals surface area (Å²) in [5, 5.41) is 3.36. The van der Waals surface area contributed by atoms with Crippen molar-refractivity contribution in [2.24, 2.45) is 0 Å². The van der Waals surface area contributed by atoms with Crippen molar-refractivity contribution >= 4 is 15.9 Å². The Balaban J connectivity index is 2.28. The summed E-state index contributed by atoms with van der Waals surface area (Å²) in [5.74, 6) is 0.615. The Labute approximate surface area is 129 Å². The quantitative estimate of drug-likeness (QED) is 0.860. The summed E-state index contributed by atoms with van der Waals surface area (Å²) in [6, 6.07) is 11.2. The zero-order chi connectivity index (χ0) is 14.5. The minimum absolute atomic E-state index is 0.172. The van der Waals surface area contributed by atoms with Crippen LogP contribution in [0.1, 0.15) is 48.9 Å². The standard InChI is InChI=1S/C17H21BrN2/c1-4-12(2)13-5-7-14(8-6-13)17(19-3)15-9-16(18)11-20-10-15/h5-12,17,19H,4H2,1-3H3. The number of hydrogen-bond acceptors (Lipinski definition) is 2. The van der Waals surface area contributed by atoms with Crippen molar-refractivity contribution in [3.8, 4) is 0 Å². The van der Waals surface area contributed by atoms with Gasteiger partial charge in [0.1, 0.15) is 0 Å². The van der Waals surface area contributed by atoms with E-state index in [9.17, 15) is 0 Å². The van der Waals surface area contributed by atoms with Gasteiger partial charge in [0.25, 0.3) is 0 Å². The van der Waals surface area contributed by atoms with Crippen LogP contribution in [0.25, 0.3) is 0 Å². The molecule has 1 heterocycles. The van der Waals surface area contributed by atoms with Crippen LogP contribution in [-0.4, -0.2) is 12.0 Å². The van der Waals surface area contributed by atoms with Crippen LogP contribution in [-0.2, 0) is 0 Å². The first-order valence-electron chi connectivity index (χ1n) is 7.03. The zero-order valence-electron chi connectivity index (χ0n) is 12.2. The second-order valence-electron chi connectivity index (χ2n) is 5.13. The molecule has 3 heteroatoms. The highest BCUT2D eigenvalue weighted by molar-refractivity contribution is 9.10. The molecular weight excluding hydrogens is 312 g/mol. The number of benzene rings is 1. The zero-order valence-corrected chi connectivity index (χ0v) is 13.8. The molecule has 0 saturated heterocycles. The molecule has 0 fully saturated rings. The van der Waals surface area contributed by atoms with E-state index in [4.69, 9.17) is 0 Å². The van der Waals surface area contributed by atoms with Gasteiger partial charge in [0.2, 0.25) is 0 Å². The van der Waals surface area contributed by atoms with Gasteiger partial charge in [-0.15, -0.1) is 0 Å². The lowest BCUT2D eigenvalue weighted by molar-refractivity contribution is 0.685. The summed E-state index contributed by atoms with van der Waals surface area (Å²) in [5.41, 5.74) is 3.83. The van der Waals surface area contributed by atoms with Crippen molar-refractivity contribution in [2.75, 3.05) is 7.05 Å². The van der Waals surface area contributed by atoms with E-state index in [0.29, 0.717) is 5.92 Å². The second-order valence-corrected chi connectivity index (χ2v) is 6.05. The molecule has 1 N–H and O–H groups in total. The topological polar surface area (TPSA) is 24.9 Å². The third-order valence-corrected chi connectivity index (χ3v) is 4.23. The van der Waals surface area contributed by atoms with Gasteiger partial charge in [-0.05, 0) is 58.1 Å². The Morgan fingerprint density at radius 3 is 2.30 bits per heavy atom. The second kappa shape index (κ2) is 7.00. The molecule has 0 bridgehead atoms. The van der Waals surface area contributed by atoms with Crippen LogP contribution in [0, 0.1) is 0 Å². The predicted octanol–water partition coefficient (Wildman–Crippen LogP) is 4.67. The van der Waals surface area contributed by atoms with E-state index in [2.05, 4.69) is 70.4 Å². The van der Waals surface area contributed by atoms with Crippen molar-refractivity contribution < 1.29 is 0 Å². The average Bonchev–Trinajstić information content (AvgIpc) is 2.48. The van der Waals surface area contributed by atoms with Gasteiger partial charge in [-0.1, -0.05) is 38.1 Å². The SMILES string of the molecule is CCC(C)c1ccc(C(NC)c2cncc(Br)c2)cc1. The van der Waals surface area contributed by atoms with Crippen LogP contribution in [0.15, 0.2) is 47.2 Å². The summed E-state index contributed by atoms with van der Waals surface area (Å²) >= 11 is 3.48. The van der Waals surface area contributed by atoms with Gasteiger partial charge in [-0.2, -0.15) is 0 Å². The predicted molar refractivity (Wildman–Crippen MR) is 88.0 cm³/mol. The molecule has 0 spiro atoms. The molecule has 2 rings (SSSR count). The smallest absolute Gasteiger partial charge is 0.0589 e. The van der Waals surface area contributed by atoms with Crippen LogP contribution < -0.4 is 5.32 Å². The number of hydrogen-bond donors (Lipinski definition) is 1. The fourth-order valence-electron chi connectivity index (χ4n) is 2.36. The molecule has 0 aliphatic carbocycles. The Morgan fingerprint density at radius 2 is 1.75 bits per heavy atom. The first kappa shape index (κ1) is 15.2. The van der Waals surface area contributed by atoms with Gasteiger partial charge in [0.05, 0.1) is 6.04 Å². The van der Waals surface area contributed by atoms with Crippen LogP contribution >= 0.6 is 15.9 Å². The number of aromatic nitrogens is 1. The lowest BCUT2D eigenvalue weighted by Gasteiger charge is -2.18. The summed E-state index contributed by atoms with van der Waals surface area (Å²) < 4.78 is 1.01. The normalized spacial score (nSPS) is 14.0. The van der Waals surface area contributed by atoms with Crippen LogP contribution in [0.5, 0.6) is 0 Å². The molecule has 0 saturated carbocycles. The Hall–Kier alpha value is -1.19. The number of pyridine rings is 1. The first-order chi connectivity index (χ1) is 9.65. The maximum Gasteiger partial charge on any atom is 0.0589 e. The molecule has 2 atom stereocenters. The monoisotopic (exact) mass is 332 g/mol. The molecule has 2 aromatic rings. The largest absolute Gasteiger partial charge is 0.309 e. The lowest BCUT2D eigenvalue weighted by atomic mass is 9.94. The molecule has 2 nitrogen and oxygen atoms in total. The minimum atomic E-state index is 0.172. The number of nitrogens with zero attached hydrogens (tertiary/aromatic N) is 1. The third kappa shape index (κ3) is 3.47. The number of halogens is 1. The molecule has 1 aromatic carbocycles. The van der Waals surface area contributed by atoms with Crippen LogP contribution in [0.3, 0.4) is 0 Å².